The fourth-order valence-corrected chi connectivity index (χ4v) is 2.70. The number of carbonyl (C=O) groups is 1. The van der Waals surface area contributed by atoms with Gasteiger partial charge in [-0.2, -0.15) is 5.10 Å². The van der Waals surface area contributed by atoms with Crippen molar-refractivity contribution < 1.29 is 14.4 Å². The molecule has 7 nitrogen and oxygen atoms in total. The van der Waals surface area contributed by atoms with Gasteiger partial charge in [-0.05, 0) is 18.6 Å². The Kier molecular flexibility index (Phi) is 5.02. The lowest BCUT2D eigenvalue weighted by Crippen LogP contribution is -2.36. The van der Waals surface area contributed by atoms with Crippen molar-refractivity contribution in [3.63, 3.8) is 0 Å². The van der Waals surface area contributed by atoms with E-state index in [0.717, 1.165) is 29.1 Å². The van der Waals surface area contributed by atoms with Gasteiger partial charge in [0.2, 0.25) is 6.10 Å². The average Bonchev–Trinajstić information content (AvgIpc) is 3.30. The van der Waals surface area contributed by atoms with E-state index in [1.165, 1.54) is 0 Å². The summed E-state index contributed by atoms with van der Waals surface area (Å²) >= 11 is 0. The maximum atomic E-state index is 12.5. The Morgan fingerprint density at radius 3 is 3.04 bits per heavy atom. The largest absolute Gasteiger partial charge is 0.497 e. The first-order chi connectivity index (χ1) is 12.1. The molecule has 1 aliphatic rings. The Hall–Kier alpha value is -2.83. The number of methoxy groups -OCH3 is 1. The normalized spacial score (nSPS) is 16.3. The summed E-state index contributed by atoms with van der Waals surface area (Å²) in [7, 11) is 3.39. The predicted octanol–water partition coefficient (Wildman–Crippen LogP) is 2.39. The van der Waals surface area contributed by atoms with Crippen LogP contribution in [0.5, 0.6) is 5.75 Å². The topological polar surface area (TPSA) is 69.0 Å². The predicted molar refractivity (Wildman–Crippen MR) is 93.8 cm³/mol. The Balaban J connectivity index is 1.64. The highest BCUT2D eigenvalue weighted by atomic mass is 16.6. The van der Waals surface area contributed by atoms with Crippen LogP contribution >= 0.6 is 0 Å². The van der Waals surface area contributed by atoms with Crippen LogP contribution in [-0.4, -0.2) is 46.6 Å². The summed E-state index contributed by atoms with van der Waals surface area (Å²) in [6, 6.07) is 7.65. The van der Waals surface area contributed by atoms with Crippen LogP contribution in [0, 0.1) is 0 Å². The molecule has 3 rings (SSSR count). The number of rotatable bonds is 6. The van der Waals surface area contributed by atoms with Crippen LogP contribution in [0.3, 0.4) is 0 Å². The number of benzene rings is 1. The van der Waals surface area contributed by atoms with E-state index >= 15 is 0 Å². The van der Waals surface area contributed by atoms with Crippen molar-refractivity contribution in [3.8, 4) is 11.4 Å². The summed E-state index contributed by atoms with van der Waals surface area (Å²) in [5.41, 5.74) is 2.77. The monoisotopic (exact) mass is 342 g/mol. The van der Waals surface area contributed by atoms with Crippen molar-refractivity contribution in [2.75, 3.05) is 14.2 Å². The van der Waals surface area contributed by atoms with Crippen LogP contribution in [0.4, 0.5) is 0 Å². The second-order valence-electron chi connectivity index (χ2n) is 6.00. The summed E-state index contributed by atoms with van der Waals surface area (Å²) in [6.45, 7) is 2.47. The number of nitrogens with zero attached hydrogens (tertiary/aromatic N) is 4. The molecule has 0 saturated heterocycles. The van der Waals surface area contributed by atoms with E-state index in [9.17, 15) is 4.79 Å². The molecule has 132 valence electrons. The molecule has 0 unspecified atom stereocenters. The third kappa shape index (κ3) is 3.81. The lowest BCUT2D eigenvalue weighted by Gasteiger charge is -2.19. The molecule has 0 fully saturated rings. The first-order valence-corrected chi connectivity index (χ1v) is 8.25. The van der Waals surface area contributed by atoms with Gasteiger partial charge in [0, 0.05) is 37.8 Å². The molecule has 25 heavy (non-hydrogen) atoms. The molecule has 1 amide bonds. The van der Waals surface area contributed by atoms with Gasteiger partial charge in [-0.3, -0.25) is 4.79 Å². The van der Waals surface area contributed by atoms with Gasteiger partial charge in [0.1, 0.15) is 5.75 Å². The maximum absolute atomic E-state index is 12.5. The minimum atomic E-state index is -0.506. The van der Waals surface area contributed by atoms with Crippen molar-refractivity contribution >= 4 is 11.6 Å². The average molecular weight is 342 g/mol. The number of likely N-dealkylation sites (N-methyl/N-ethyl adjacent to an activating group) is 1. The van der Waals surface area contributed by atoms with Gasteiger partial charge < -0.3 is 14.5 Å². The van der Waals surface area contributed by atoms with Gasteiger partial charge in [-0.15, -0.1) is 0 Å². The Morgan fingerprint density at radius 2 is 2.32 bits per heavy atom. The van der Waals surface area contributed by atoms with Crippen molar-refractivity contribution in [1.82, 2.24) is 14.7 Å². The quantitative estimate of drug-likeness (QED) is 0.808. The van der Waals surface area contributed by atoms with Gasteiger partial charge >= 0.3 is 0 Å². The first kappa shape index (κ1) is 17.0. The molecule has 2 aromatic rings. The molecule has 1 aliphatic heterocycles. The third-order valence-corrected chi connectivity index (χ3v) is 4.16. The second-order valence-corrected chi connectivity index (χ2v) is 6.00. The fourth-order valence-electron chi connectivity index (χ4n) is 2.70. The van der Waals surface area contributed by atoms with E-state index in [4.69, 9.17) is 9.57 Å². The van der Waals surface area contributed by atoms with Crippen LogP contribution in [0.15, 0.2) is 41.8 Å². The van der Waals surface area contributed by atoms with E-state index in [0.29, 0.717) is 13.0 Å². The summed E-state index contributed by atoms with van der Waals surface area (Å²) in [6.07, 6.45) is 4.53. The van der Waals surface area contributed by atoms with Crippen molar-refractivity contribution in [2.24, 2.45) is 5.16 Å². The third-order valence-electron chi connectivity index (χ3n) is 4.16. The molecule has 7 heteroatoms. The van der Waals surface area contributed by atoms with Gasteiger partial charge in [-0.1, -0.05) is 18.1 Å². The van der Waals surface area contributed by atoms with E-state index < -0.39 is 6.10 Å². The van der Waals surface area contributed by atoms with Gasteiger partial charge in [0.25, 0.3) is 5.91 Å². The highest BCUT2D eigenvalue weighted by molar-refractivity contribution is 5.92. The maximum Gasteiger partial charge on any atom is 0.266 e. The SMILES string of the molecule is CCC1=NO[C@@H](C(=O)N(C)Cc2cnn(-c3cccc(OC)c3)c2)C1. The number of aromatic nitrogens is 2. The molecular weight excluding hydrogens is 320 g/mol. The minimum absolute atomic E-state index is 0.0682. The molecule has 1 aromatic heterocycles. The number of hydrogen-bond donors (Lipinski definition) is 0. The number of hydrogen-bond acceptors (Lipinski definition) is 5. The lowest BCUT2D eigenvalue weighted by molar-refractivity contribution is -0.141. The molecule has 0 radical (unpaired) electrons. The summed E-state index contributed by atoms with van der Waals surface area (Å²) in [4.78, 5) is 19.3. The summed E-state index contributed by atoms with van der Waals surface area (Å²) in [5, 5.41) is 8.31. The van der Waals surface area contributed by atoms with Crippen LogP contribution in [0.25, 0.3) is 5.69 Å². The Labute approximate surface area is 146 Å². The summed E-state index contributed by atoms with van der Waals surface area (Å²) in [5.74, 6) is 0.702. The second kappa shape index (κ2) is 7.38. The summed E-state index contributed by atoms with van der Waals surface area (Å²) < 4.78 is 7.00. The van der Waals surface area contributed by atoms with E-state index in [-0.39, 0.29) is 5.91 Å². The molecule has 0 saturated carbocycles. The lowest BCUT2D eigenvalue weighted by atomic mass is 10.1. The highest BCUT2D eigenvalue weighted by Gasteiger charge is 2.29. The number of amides is 1. The van der Waals surface area contributed by atoms with E-state index in [1.54, 1.807) is 29.9 Å². The van der Waals surface area contributed by atoms with Gasteiger partial charge in [0.05, 0.1) is 24.7 Å². The number of ether oxygens (including phenoxy) is 1. The molecule has 1 atom stereocenters. The van der Waals surface area contributed by atoms with Crippen LogP contribution in [0.1, 0.15) is 25.3 Å². The van der Waals surface area contributed by atoms with Crippen LogP contribution in [0.2, 0.25) is 0 Å². The van der Waals surface area contributed by atoms with Gasteiger partial charge in [-0.25, -0.2) is 4.68 Å². The van der Waals surface area contributed by atoms with Crippen molar-refractivity contribution in [2.45, 2.75) is 32.4 Å². The number of carbonyl (C=O) groups excluding carboxylic acids is 1. The van der Waals surface area contributed by atoms with Crippen LogP contribution < -0.4 is 4.74 Å². The van der Waals surface area contributed by atoms with Crippen molar-refractivity contribution in [1.29, 1.82) is 0 Å². The Bertz CT molecular complexity index is 784. The van der Waals surface area contributed by atoms with Gasteiger partial charge in [0.15, 0.2) is 0 Å². The zero-order valence-electron chi connectivity index (χ0n) is 14.7. The van der Waals surface area contributed by atoms with E-state index in [2.05, 4.69) is 10.3 Å². The van der Waals surface area contributed by atoms with Crippen LogP contribution in [-0.2, 0) is 16.2 Å². The fraction of sp³-hybridized carbons (Fsp3) is 0.389. The zero-order chi connectivity index (χ0) is 17.8. The minimum Gasteiger partial charge on any atom is -0.497 e. The molecule has 1 aromatic carbocycles. The Morgan fingerprint density at radius 1 is 1.48 bits per heavy atom. The standard InChI is InChI=1S/C18H22N4O3/c1-4-14-8-17(25-20-14)18(23)21(2)11-13-10-19-22(12-13)15-6-5-7-16(9-15)24-3/h5-7,9-10,12,17H,4,8,11H2,1-3H3/t17-/m1/s1. The highest BCUT2D eigenvalue weighted by Crippen LogP contribution is 2.18. The molecule has 0 aliphatic carbocycles. The zero-order valence-corrected chi connectivity index (χ0v) is 14.7. The van der Waals surface area contributed by atoms with Crippen molar-refractivity contribution in [3.05, 3.63) is 42.2 Å². The molecule has 0 bridgehead atoms. The molecule has 0 spiro atoms. The molecule has 0 N–H and O–H groups in total. The molecular formula is C18H22N4O3. The first-order valence-electron chi connectivity index (χ1n) is 8.25. The smallest absolute Gasteiger partial charge is 0.266 e. The molecule has 2 heterocycles. The number of oxime groups is 1. The van der Waals surface area contributed by atoms with E-state index in [1.807, 2.05) is 37.4 Å².